The van der Waals surface area contributed by atoms with Gasteiger partial charge in [-0.25, -0.2) is 9.97 Å². The van der Waals surface area contributed by atoms with Crippen molar-refractivity contribution in [3.05, 3.63) is 60.4 Å². The lowest BCUT2D eigenvalue weighted by Crippen LogP contribution is -2.36. The van der Waals surface area contributed by atoms with Crippen LogP contribution in [0, 0.1) is 0 Å². The zero-order valence-electron chi connectivity index (χ0n) is 17.5. The van der Waals surface area contributed by atoms with E-state index >= 15 is 0 Å². The normalized spacial score (nSPS) is 18.8. The molecule has 1 fully saturated rings. The van der Waals surface area contributed by atoms with Gasteiger partial charge in [-0.05, 0) is 56.4 Å². The van der Waals surface area contributed by atoms with E-state index in [1.54, 1.807) is 12.4 Å². The summed E-state index contributed by atoms with van der Waals surface area (Å²) in [6, 6.07) is 12.4. The van der Waals surface area contributed by atoms with Crippen LogP contribution < -0.4 is 4.90 Å². The first-order chi connectivity index (χ1) is 15.4. The van der Waals surface area contributed by atoms with E-state index in [2.05, 4.69) is 42.8 Å². The van der Waals surface area contributed by atoms with Gasteiger partial charge in [0.05, 0.1) is 11.6 Å². The van der Waals surface area contributed by atoms with Crippen molar-refractivity contribution in [1.82, 2.24) is 29.7 Å². The molecule has 2 aliphatic heterocycles. The topological polar surface area (TPSA) is 72.6 Å². The Morgan fingerprint density at radius 1 is 0.839 bits per heavy atom. The predicted octanol–water partition coefficient (Wildman–Crippen LogP) is 4.35. The Balaban J connectivity index is 1.50. The molecule has 5 heterocycles. The van der Waals surface area contributed by atoms with E-state index in [1.807, 2.05) is 18.2 Å². The van der Waals surface area contributed by atoms with Crippen LogP contribution in [0.15, 0.2) is 48.8 Å². The highest BCUT2D eigenvalue weighted by Gasteiger charge is 2.32. The third-order valence-electron chi connectivity index (χ3n) is 6.48. The molecule has 31 heavy (non-hydrogen) atoms. The molecule has 1 saturated heterocycles. The first-order valence-corrected chi connectivity index (χ1v) is 11.2. The smallest absolute Gasteiger partial charge is 0.162 e. The van der Waals surface area contributed by atoms with Crippen molar-refractivity contribution in [2.75, 3.05) is 11.4 Å². The largest absolute Gasteiger partial charge is 0.346 e. The van der Waals surface area contributed by atoms with Gasteiger partial charge >= 0.3 is 0 Å². The van der Waals surface area contributed by atoms with Crippen LogP contribution in [-0.4, -0.2) is 36.3 Å². The third kappa shape index (κ3) is 3.24. The first-order valence-electron chi connectivity index (χ1n) is 11.2. The standard InChI is InChI=1S/C24H25N7/c1-2-8-19-18(7-1)23(27-22(26-19)17-11-13-25-14-12-17)30-15-5-3-9-20(30)24-29-28-21-10-4-6-16-31(21)24/h1-2,7-8,11-14,20H,3-6,9-10,15-16H2. The Hall–Kier alpha value is -3.35. The van der Waals surface area contributed by atoms with Crippen molar-refractivity contribution in [2.45, 2.75) is 51.1 Å². The molecule has 4 aromatic rings. The van der Waals surface area contributed by atoms with E-state index in [0.29, 0.717) is 0 Å². The van der Waals surface area contributed by atoms with Crippen molar-refractivity contribution in [1.29, 1.82) is 0 Å². The highest BCUT2D eigenvalue weighted by molar-refractivity contribution is 5.91. The number of benzene rings is 1. The monoisotopic (exact) mass is 411 g/mol. The Labute approximate surface area is 181 Å². The summed E-state index contributed by atoms with van der Waals surface area (Å²) in [7, 11) is 0. The van der Waals surface area contributed by atoms with Gasteiger partial charge in [-0.1, -0.05) is 12.1 Å². The maximum Gasteiger partial charge on any atom is 0.162 e. The fourth-order valence-corrected chi connectivity index (χ4v) is 4.94. The zero-order valence-corrected chi connectivity index (χ0v) is 17.5. The summed E-state index contributed by atoms with van der Waals surface area (Å²) < 4.78 is 2.36. The number of piperidine rings is 1. The highest BCUT2D eigenvalue weighted by Crippen LogP contribution is 2.38. The minimum absolute atomic E-state index is 0.191. The number of para-hydroxylation sites is 1. The van der Waals surface area contributed by atoms with Crippen LogP contribution in [0.25, 0.3) is 22.3 Å². The van der Waals surface area contributed by atoms with Crippen molar-refractivity contribution in [2.24, 2.45) is 0 Å². The molecule has 0 spiro atoms. The quantitative estimate of drug-likeness (QED) is 0.499. The van der Waals surface area contributed by atoms with E-state index in [4.69, 9.17) is 9.97 Å². The van der Waals surface area contributed by atoms with Gasteiger partial charge in [0.25, 0.3) is 0 Å². The maximum atomic E-state index is 5.10. The maximum absolute atomic E-state index is 5.10. The Kier molecular flexibility index (Phi) is 4.59. The lowest BCUT2D eigenvalue weighted by molar-refractivity contribution is 0.421. The van der Waals surface area contributed by atoms with Crippen LogP contribution in [0.4, 0.5) is 5.82 Å². The average Bonchev–Trinajstić information content (AvgIpc) is 3.28. The van der Waals surface area contributed by atoms with Gasteiger partial charge in [-0.3, -0.25) is 4.98 Å². The second kappa shape index (κ2) is 7.72. The summed E-state index contributed by atoms with van der Waals surface area (Å²) in [6.07, 6.45) is 10.4. The minimum Gasteiger partial charge on any atom is -0.346 e. The highest BCUT2D eigenvalue weighted by atomic mass is 15.3. The lowest BCUT2D eigenvalue weighted by Gasteiger charge is -2.37. The molecule has 2 aliphatic rings. The molecular formula is C24H25N7. The fourth-order valence-electron chi connectivity index (χ4n) is 4.94. The van der Waals surface area contributed by atoms with E-state index < -0.39 is 0 Å². The van der Waals surface area contributed by atoms with E-state index in [-0.39, 0.29) is 6.04 Å². The average molecular weight is 412 g/mol. The summed E-state index contributed by atoms with van der Waals surface area (Å²) in [5.74, 6) is 3.97. The van der Waals surface area contributed by atoms with Crippen LogP contribution in [0.1, 0.15) is 49.8 Å². The molecule has 3 aromatic heterocycles. The van der Waals surface area contributed by atoms with Crippen molar-refractivity contribution < 1.29 is 0 Å². The summed E-state index contributed by atoms with van der Waals surface area (Å²) in [5.41, 5.74) is 1.95. The number of hydrogen-bond donors (Lipinski definition) is 0. The van der Waals surface area contributed by atoms with Gasteiger partial charge < -0.3 is 9.47 Å². The van der Waals surface area contributed by atoms with Crippen molar-refractivity contribution >= 4 is 16.7 Å². The van der Waals surface area contributed by atoms with Crippen LogP contribution in [0.3, 0.4) is 0 Å². The molecule has 0 amide bonds. The van der Waals surface area contributed by atoms with Gasteiger partial charge in [-0.15, -0.1) is 10.2 Å². The van der Waals surface area contributed by atoms with Crippen LogP contribution >= 0.6 is 0 Å². The molecular weight excluding hydrogens is 386 g/mol. The third-order valence-corrected chi connectivity index (χ3v) is 6.48. The summed E-state index contributed by atoms with van der Waals surface area (Å²) in [4.78, 5) is 16.6. The molecule has 6 rings (SSSR count). The van der Waals surface area contributed by atoms with Crippen molar-refractivity contribution in [3.8, 4) is 11.4 Å². The van der Waals surface area contributed by atoms with Gasteiger partial charge in [0.15, 0.2) is 11.6 Å². The van der Waals surface area contributed by atoms with Crippen LogP contribution in [0.2, 0.25) is 0 Å². The molecule has 0 N–H and O–H groups in total. The second-order valence-electron chi connectivity index (χ2n) is 8.41. The molecule has 0 saturated carbocycles. The minimum atomic E-state index is 0.191. The molecule has 7 heteroatoms. The molecule has 1 unspecified atom stereocenters. The number of nitrogens with zero attached hydrogens (tertiary/aromatic N) is 7. The van der Waals surface area contributed by atoms with Gasteiger partial charge in [0.2, 0.25) is 0 Å². The zero-order chi connectivity index (χ0) is 20.6. The van der Waals surface area contributed by atoms with Crippen LogP contribution in [-0.2, 0) is 13.0 Å². The van der Waals surface area contributed by atoms with Gasteiger partial charge in [0, 0.05) is 42.9 Å². The number of anilines is 1. The fraction of sp³-hybridized carbons (Fsp3) is 0.375. The van der Waals surface area contributed by atoms with E-state index in [1.165, 1.54) is 19.3 Å². The predicted molar refractivity (Wildman–Crippen MR) is 120 cm³/mol. The number of hydrogen-bond acceptors (Lipinski definition) is 6. The number of pyridine rings is 1. The summed E-state index contributed by atoms with van der Waals surface area (Å²) in [5, 5.41) is 10.3. The molecule has 1 atom stereocenters. The molecule has 1 aromatic carbocycles. The molecule has 156 valence electrons. The van der Waals surface area contributed by atoms with E-state index in [0.717, 1.165) is 72.1 Å². The van der Waals surface area contributed by atoms with Gasteiger partial charge in [-0.2, -0.15) is 0 Å². The number of aryl methyl sites for hydroxylation is 1. The van der Waals surface area contributed by atoms with Gasteiger partial charge in [0.1, 0.15) is 11.6 Å². The molecule has 0 bridgehead atoms. The molecule has 0 aliphatic carbocycles. The van der Waals surface area contributed by atoms with E-state index in [9.17, 15) is 0 Å². The molecule has 0 radical (unpaired) electrons. The number of rotatable bonds is 3. The number of aromatic nitrogens is 6. The summed E-state index contributed by atoms with van der Waals surface area (Å²) >= 11 is 0. The Morgan fingerprint density at radius 3 is 2.65 bits per heavy atom. The Morgan fingerprint density at radius 2 is 1.71 bits per heavy atom. The second-order valence-corrected chi connectivity index (χ2v) is 8.41. The lowest BCUT2D eigenvalue weighted by atomic mass is 10.00. The SMILES string of the molecule is c1ccc2c(N3CCCCC3c3nnc4n3CCCC4)nc(-c3ccncc3)nc2c1. The van der Waals surface area contributed by atoms with Crippen LogP contribution in [0.5, 0.6) is 0 Å². The Bertz CT molecular complexity index is 1220. The summed E-state index contributed by atoms with van der Waals surface area (Å²) in [6.45, 7) is 1.98. The molecule has 7 nitrogen and oxygen atoms in total. The van der Waals surface area contributed by atoms with Crippen molar-refractivity contribution in [3.63, 3.8) is 0 Å². The first kappa shape index (κ1) is 18.4. The number of fused-ring (bicyclic) bond motifs is 2.